The molecule has 0 amide bonds. The molecule has 3 atom stereocenters. The van der Waals surface area contributed by atoms with Crippen LogP contribution in [0.2, 0.25) is 0 Å². The summed E-state index contributed by atoms with van der Waals surface area (Å²) < 4.78 is 1.87. The highest BCUT2D eigenvalue weighted by atomic mass is 16.3. The highest BCUT2D eigenvalue weighted by Crippen LogP contribution is 2.49. The fraction of sp³-hybridized carbons (Fsp3) is 0.348. The van der Waals surface area contributed by atoms with Gasteiger partial charge in [0.25, 0.3) is 0 Å². The minimum Gasteiger partial charge on any atom is -0.386 e. The van der Waals surface area contributed by atoms with E-state index in [0.29, 0.717) is 5.92 Å². The van der Waals surface area contributed by atoms with Crippen LogP contribution in [0.1, 0.15) is 66.6 Å². The van der Waals surface area contributed by atoms with E-state index in [1.54, 1.807) is 0 Å². The Morgan fingerprint density at radius 1 is 0.967 bits per heavy atom. The minimum absolute atomic E-state index is 0.182. The van der Waals surface area contributed by atoms with Crippen molar-refractivity contribution < 1.29 is 5.11 Å². The Bertz CT molecular complexity index is 1180. The number of hydrogen-bond acceptors (Lipinski definition) is 5. The van der Waals surface area contributed by atoms with Gasteiger partial charge in [-0.15, -0.1) is 5.10 Å². The molecule has 2 aromatic carbocycles. The largest absolute Gasteiger partial charge is 0.386 e. The van der Waals surface area contributed by atoms with E-state index in [0.717, 1.165) is 46.5 Å². The van der Waals surface area contributed by atoms with Gasteiger partial charge in [0.15, 0.2) is 5.82 Å². The van der Waals surface area contributed by atoms with Crippen LogP contribution in [0.5, 0.6) is 0 Å². The lowest BCUT2D eigenvalue weighted by Crippen LogP contribution is -2.34. The lowest BCUT2D eigenvalue weighted by atomic mass is 9.85. The van der Waals surface area contributed by atoms with Gasteiger partial charge in [0.1, 0.15) is 17.7 Å². The van der Waals surface area contributed by atoms with Crippen LogP contribution in [0.25, 0.3) is 11.0 Å². The highest BCUT2D eigenvalue weighted by molar-refractivity contribution is 5.74. The molecule has 152 valence electrons. The Labute approximate surface area is 174 Å². The fourth-order valence-electron chi connectivity index (χ4n) is 5.21. The van der Waals surface area contributed by atoms with Crippen molar-refractivity contribution in [3.05, 3.63) is 71.4 Å². The number of aliphatic hydroxyl groups excluding tert-OH is 1. The van der Waals surface area contributed by atoms with E-state index in [9.17, 15) is 5.11 Å². The molecule has 3 N–H and O–H groups in total. The Morgan fingerprint density at radius 3 is 2.57 bits per heavy atom. The van der Waals surface area contributed by atoms with E-state index in [-0.39, 0.29) is 12.1 Å². The molecule has 6 rings (SSSR count). The summed E-state index contributed by atoms with van der Waals surface area (Å²) >= 11 is 0. The van der Waals surface area contributed by atoms with Gasteiger partial charge in [-0.25, -0.2) is 4.68 Å². The molecule has 0 unspecified atom stereocenters. The number of aliphatic hydroxyl groups is 1. The number of aromatic amines is 1. The summed E-state index contributed by atoms with van der Waals surface area (Å²) in [5.41, 5.74) is 4.78. The predicted molar refractivity (Wildman–Crippen MR) is 114 cm³/mol. The topological polar surface area (TPSA) is 91.7 Å². The average molecular weight is 400 g/mol. The minimum atomic E-state index is -0.745. The number of hydrogen-bond donors (Lipinski definition) is 3. The van der Waals surface area contributed by atoms with E-state index in [1.807, 2.05) is 47.1 Å². The Hall–Kier alpha value is -3.19. The van der Waals surface area contributed by atoms with Gasteiger partial charge in [-0.3, -0.25) is 5.10 Å². The quantitative estimate of drug-likeness (QED) is 0.478. The number of nitrogens with zero attached hydrogens (tertiary/aromatic N) is 4. The molecule has 30 heavy (non-hydrogen) atoms. The van der Waals surface area contributed by atoms with E-state index in [4.69, 9.17) is 0 Å². The molecule has 3 heterocycles. The van der Waals surface area contributed by atoms with Gasteiger partial charge in [0.05, 0.1) is 11.6 Å². The number of H-pyrrole nitrogens is 1. The van der Waals surface area contributed by atoms with E-state index in [2.05, 4.69) is 38.0 Å². The highest BCUT2D eigenvalue weighted by Gasteiger charge is 2.43. The van der Waals surface area contributed by atoms with Crippen LogP contribution >= 0.6 is 0 Å². The van der Waals surface area contributed by atoms with Gasteiger partial charge in [0.2, 0.25) is 0 Å². The first kappa shape index (κ1) is 17.7. The number of para-hydroxylation sites is 1. The van der Waals surface area contributed by atoms with Gasteiger partial charge < -0.3 is 10.4 Å². The summed E-state index contributed by atoms with van der Waals surface area (Å²) in [6.45, 7) is 0. The molecule has 1 aliphatic heterocycles. The maximum atomic E-state index is 11.7. The molecule has 0 bridgehead atoms. The maximum Gasteiger partial charge on any atom is 0.154 e. The third-order valence-electron chi connectivity index (χ3n) is 6.67. The lowest BCUT2D eigenvalue weighted by Gasteiger charge is -2.37. The number of aromatic nitrogens is 5. The fourth-order valence-corrected chi connectivity index (χ4v) is 5.21. The zero-order chi connectivity index (χ0) is 20.1. The Morgan fingerprint density at radius 2 is 1.73 bits per heavy atom. The molecule has 2 aromatic heterocycles. The van der Waals surface area contributed by atoms with E-state index < -0.39 is 6.10 Å². The number of fused-ring (bicyclic) bond motifs is 2. The molecule has 4 aromatic rings. The summed E-state index contributed by atoms with van der Waals surface area (Å²) in [7, 11) is 0. The van der Waals surface area contributed by atoms with Crippen molar-refractivity contribution in [1.29, 1.82) is 0 Å². The predicted octanol–water partition coefficient (Wildman–Crippen LogP) is 4.25. The first-order valence-electron chi connectivity index (χ1n) is 10.7. The van der Waals surface area contributed by atoms with E-state index in [1.165, 1.54) is 12.8 Å². The first-order chi connectivity index (χ1) is 14.8. The van der Waals surface area contributed by atoms with Crippen molar-refractivity contribution in [2.24, 2.45) is 0 Å². The monoisotopic (exact) mass is 400 g/mol. The Kier molecular flexibility index (Phi) is 4.09. The van der Waals surface area contributed by atoms with Crippen molar-refractivity contribution in [3.8, 4) is 0 Å². The number of rotatable bonds is 3. The summed E-state index contributed by atoms with van der Waals surface area (Å²) in [5, 5.41) is 32.0. The van der Waals surface area contributed by atoms with Gasteiger partial charge in [-0.05, 0) is 30.5 Å². The lowest BCUT2D eigenvalue weighted by molar-refractivity contribution is 0.0895. The molecule has 0 spiro atoms. The SMILES string of the molecule is O[C@@H]1c2c(n[nH]c2C2CCCC2)N[C@H](c2ccccc2)[C@H]1n1nnc2ccccc21. The van der Waals surface area contributed by atoms with Crippen molar-refractivity contribution >= 4 is 16.9 Å². The van der Waals surface area contributed by atoms with E-state index >= 15 is 0 Å². The summed E-state index contributed by atoms with van der Waals surface area (Å²) in [6, 6.07) is 17.6. The van der Waals surface area contributed by atoms with Crippen molar-refractivity contribution in [2.75, 3.05) is 5.32 Å². The zero-order valence-corrected chi connectivity index (χ0v) is 16.6. The van der Waals surface area contributed by atoms with Gasteiger partial charge in [-0.1, -0.05) is 60.5 Å². The van der Waals surface area contributed by atoms with Crippen molar-refractivity contribution in [3.63, 3.8) is 0 Å². The van der Waals surface area contributed by atoms with Crippen LogP contribution in [-0.2, 0) is 0 Å². The molecule has 2 aliphatic rings. The first-order valence-corrected chi connectivity index (χ1v) is 10.7. The smallest absolute Gasteiger partial charge is 0.154 e. The second-order valence-electron chi connectivity index (χ2n) is 8.37. The standard InChI is InChI=1S/C23H24N6O/c30-22-18-19(14-10-4-5-11-14)26-27-23(18)24-20(15-8-2-1-3-9-15)21(22)29-17-13-7-6-12-16(17)25-28-29/h1-3,6-9,12-14,20-22,30H,4-5,10-11H2,(H2,24,26,27)/t20-,21-,22-/m1/s1. The third kappa shape index (κ3) is 2.65. The molecule has 7 nitrogen and oxygen atoms in total. The third-order valence-corrected chi connectivity index (χ3v) is 6.67. The van der Waals surface area contributed by atoms with Crippen LogP contribution in [0, 0.1) is 0 Å². The second-order valence-corrected chi connectivity index (χ2v) is 8.37. The molecule has 7 heteroatoms. The zero-order valence-electron chi connectivity index (χ0n) is 16.6. The van der Waals surface area contributed by atoms with Crippen LogP contribution in [0.15, 0.2) is 54.6 Å². The van der Waals surface area contributed by atoms with Crippen LogP contribution in [0.4, 0.5) is 5.82 Å². The molecule has 1 aliphatic carbocycles. The molecular formula is C23H24N6O. The Balaban J connectivity index is 1.52. The second kappa shape index (κ2) is 6.95. The number of benzene rings is 2. The molecular weight excluding hydrogens is 376 g/mol. The van der Waals surface area contributed by atoms with Crippen LogP contribution < -0.4 is 5.32 Å². The van der Waals surface area contributed by atoms with Crippen molar-refractivity contribution in [2.45, 2.75) is 49.8 Å². The molecule has 1 saturated carbocycles. The molecule has 0 saturated heterocycles. The summed E-state index contributed by atoms with van der Waals surface area (Å²) in [6.07, 6.45) is 3.99. The van der Waals surface area contributed by atoms with Crippen molar-refractivity contribution in [1.82, 2.24) is 25.2 Å². The van der Waals surface area contributed by atoms with Gasteiger partial charge in [-0.2, -0.15) is 5.10 Å². The summed E-state index contributed by atoms with van der Waals surface area (Å²) in [4.78, 5) is 0. The average Bonchev–Trinajstić information content (AvgIpc) is 3.53. The van der Waals surface area contributed by atoms with Gasteiger partial charge >= 0.3 is 0 Å². The normalized spacial score (nSPS) is 24.1. The summed E-state index contributed by atoms with van der Waals surface area (Å²) in [5.74, 6) is 1.18. The maximum absolute atomic E-state index is 11.7. The van der Waals surface area contributed by atoms with Gasteiger partial charge in [0, 0.05) is 17.2 Å². The molecule has 1 fully saturated rings. The van der Waals surface area contributed by atoms with Crippen LogP contribution in [0.3, 0.4) is 0 Å². The molecule has 0 radical (unpaired) electrons. The number of anilines is 1. The number of nitrogens with one attached hydrogen (secondary N) is 2. The van der Waals surface area contributed by atoms with Crippen LogP contribution in [-0.4, -0.2) is 30.3 Å².